The van der Waals surface area contributed by atoms with Crippen molar-refractivity contribution < 1.29 is 19.1 Å². The number of fused-ring (bicyclic) bond motifs is 1. The number of hydrogen-bond acceptors (Lipinski definition) is 6. The Bertz CT molecular complexity index is 1020. The van der Waals surface area contributed by atoms with Crippen LogP contribution in [0.3, 0.4) is 0 Å². The Labute approximate surface area is 194 Å². The second kappa shape index (κ2) is 10.1. The van der Waals surface area contributed by atoms with Gasteiger partial charge in [0.2, 0.25) is 0 Å². The average molecular weight is 453 g/mol. The van der Waals surface area contributed by atoms with E-state index < -0.39 is 11.8 Å². The molecule has 2 N–H and O–H groups in total. The van der Waals surface area contributed by atoms with Crippen LogP contribution in [-0.4, -0.2) is 64.2 Å². The monoisotopic (exact) mass is 452 g/mol. The Hall–Kier alpha value is -3.26. The lowest BCUT2D eigenvalue weighted by atomic mass is 10.0. The first-order chi connectivity index (χ1) is 16.0. The fraction of sp³-hybridized carbons (Fsp3) is 0.440. The number of likely N-dealkylation sites (N-methyl/N-ethyl adjacent to an activating group) is 1. The molecule has 0 aromatic heterocycles. The van der Waals surface area contributed by atoms with Crippen molar-refractivity contribution in [2.24, 2.45) is 0 Å². The lowest BCUT2D eigenvalue weighted by Gasteiger charge is -2.28. The Morgan fingerprint density at radius 3 is 2.45 bits per heavy atom. The third-order valence-electron chi connectivity index (χ3n) is 6.50. The fourth-order valence-electron chi connectivity index (χ4n) is 4.68. The SMILES string of the molecule is COc1ccc(NC(=O)C(=O)NC[C@@H](c2ccc3c(c2)CCN3C)N2CCCC2)cc1OC. The third-order valence-corrected chi connectivity index (χ3v) is 6.50. The second-order valence-electron chi connectivity index (χ2n) is 8.55. The summed E-state index contributed by atoms with van der Waals surface area (Å²) in [6.45, 7) is 3.40. The van der Waals surface area contributed by atoms with Crippen LogP contribution in [0.25, 0.3) is 0 Å². The quantitative estimate of drug-likeness (QED) is 0.629. The molecular formula is C25H32N4O4. The van der Waals surface area contributed by atoms with E-state index in [9.17, 15) is 9.59 Å². The minimum absolute atomic E-state index is 0.0431. The number of nitrogens with zero attached hydrogens (tertiary/aromatic N) is 2. The van der Waals surface area contributed by atoms with Crippen molar-refractivity contribution in [3.05, 3.63) is 47.5 Å². The molecule has 8 nitrogen and oxygen atoms in total. The number of hydrogen-bond donors (Lipinski definition) is 2. The van der Waals surface area contributed by atoms with Crippen LogP contribution in [0.2, 0.25) is 0 Å². The molecule has 1 atom stereocenters. The van der Waals surface area contributed by atoms with Crippen molar-refractivity contribution in [3.63, 3.8) is 0 Å². The summed E-state index contributed by atoms with van der Waals surface area (Å²) in [5.41, 5.74) is 4.27. The van der Waals surface area contributed by atoms with Crippen LogP contribution < -0.4 is 25.0 Å². The molecule has 0 bridgehead atoms. The van der Waals surface area contributed by atoms with E-state index in [0.29, 0.717) is 23.7 Å². The van der Waals surface area contributed by atoms with Gasteiger partial charge in [0.05, 0.1) is 20.3 Å². The summed E-state index contributed by atoms with van der Waals surface area (Å²) in [7, 11) is 5.17. The van der Waals surface area contributed by atoms with Crippen LogP contribution in [0.4, 0.5) is 11.4 Å². The van der Waals surface area contributed by atoms with Crippen molar-refractivity contribution in [1.29, 1.82) is 0 Å². The number of carbonyl (C=O) groups excluding carboxylic acids is 2. The molecule has 2 heterocycles. The summed E-state index contributed by atoms with van der Waals surface area (Å²) in [5.74, 6) is -0.339. The standard InChI is InChI=1S/C25H32N4O4/c1-28-13-10-18-14-17(6-8-20(18)28)21(29-11-4-5-12-29)16-26-24(30)25(31)27-19-7-9-22(32-2)23(15-19)33-3/h6-9,14-15,21H,4-5,10-13,16H2,1-3H3,(H,26,30)(H,27,31)/t21-/m0/s1. The zero-order valence-corrected chi connectivity index (χ0v) is 19.5. The molecule has 0 radical (unpaired) electrons. The maximum absolute atomic E-state index is 12.6. The van der Waals surface area contributed by atoms with Gasteiger partial charge in [-0.25, -0.2) is 0 Å². The minimum atomic E-state index is -0.710. The van der Waals surface area contributed by atoms with Gasteiger partial charge in [-0.1, -0.05) is 12.1 Å². The van der Waals surface area contributed by atoms with Crippen molar-refractivity contribution in [2.75, 3.05) is 57.7 Å². The molecular weight excluding hydrogens is 420 g/mol. The van der Waals surface area contributed by atoms with Gasteiger partial charge < -0.3 is 25.0 Å². The van der Waals surface area contributed by atoms with Gasteiger partial charge in [0.15, 0.2) is 11.5 Å². The van der Waals surface area contributed by atoms with Crippen LogP contribution >= 0.6 is 0 Å². The first kappa shape index (κ1) is 22.9. The predicted molar refractivity (Wildman–Crippen MR) is 128 cm³/mol. The Morgan fingerprint density at radius 2 is 1.73 bits per heavy atom. The Morgan fingerprint density at radius 1 is 0.970 bits per heavy atom. The minimum Gasteiger partial charge on any atom is -0.493 e. The first-order valence-electron chi connectivity index (χ1n) is 11.4. The van der Waals surface area contributed by atoms with E-state index in [1.54, 1.807) is 25.3 Å². The fourth-order valence-corrected chi connectivity index (χ4v) is 4.68. The van der Waals surface area contributed by atoms with E-state index in [2.05, 4.69) is 45.7 Å². The maximum atomic E-state index is 12.6. The number of rotatable bonds is 7. The van der Waals surface area contributed by atoms with Crippen LogP contribution in [0.1, 0.15) is 30.0 Å². The van der Waals surface area contributed by atoms with E-state index in [-0.39, 0.29) is 6.04 Å². The molecule has 1 saturated heterocycles. The molecule has 2 aromatic rings. The number of methoxy groups -OCH3 is 2. The smallest absolute Gasteiger partial charge is 0.313 e. The van der Waals surface area contributed by atoms with Gasteiger partial charge >= 0.3 is 11.8 Å². The van der Waals surface area contributed by atoms with Gasteiger partial charge in [0.25, 0.3) is 0 Å². The highest BCUT2D eigenvalue weighted by atomic mass is 16.5. The first-order valence-corrected chi connectivity index (χ1v) is 11.4. The summed E-state index contributed by atoms with van der Waals surface area (Å²) in [5, 5.41) is 5.48. The summed E-state index contributed by atoms with van der Waals surface area (Å²) in [6, 6.07) is 11.6. The van der Waals surface area contributed by atoms with Gasteiger partial charge in [-0.3, -0.25) is 14.5 Å². The molecule has 0 spiro atoms. The van der Waals surface area contributed by atoms with Crippen LogP contribution in [0, 0.1) is 0 Å². The molecule has 8 heteroatoms. The highest BCUT2D eigenvalue weighted by Crippen LogP contribution is 2.32. The average Bonchev–Trinajstić information content (AvgIpc) is 3.49. The zero-order valence-electron chi connectivity index (χ0n) is 19.5. The van der Waals surface area contributed by atoms with E-state index in [1.807, 2.05) is 0 Å². The summed E-state index contributed by atoms with van der Waals surface area (Å²) in [6.07, 6.45) is 3.34. The molecule has 1 fully saturated rings. The van der Waals surface area contributed by atoms with E-state index in [0.717, 1.165) is 38.9 Å². The molecule has 2 aliphatic rings. The third kappa shape index (κ3) is 5.06. The highest BCUT2D eigenvalue weighted by molar-refractivity contribution is 6.39. The second-order valence-corrected chi connectivity index (χ2v) is 8.55. The van der Waals surface area contributed by atoms with Crippen molar-refractivity contribution in [3.8, 4) is 11.5 Å². The molecule has 2 aliphatic heterocycles. The topological polar surface area (TPSA) is 83.1 Å². The molecule has 0 unspecified atom stereocenters. The maximum Gasteiger partial charge on any atom is 0.313 e. The van der Waals surface area contributed by atoms with Crippen molar-refractivity contribution >= 4 is 23.2 Å². The highest BCUT2D eigenvalue weighted by Gasteiger charge is 2.27. The summed E-state index contributed by atoms with van der Waals surface area (Å²) < 4.78 is 10.5. The number of benzene rings is 2. The lowest BCUT2D eigenvalue weighted by Crippen LogP contribution is -2.41. The molecule has 33 heavy (non-hydrogen) atoms. The van der Waals surface area contributed by atoms with Crippen molar-refractivity contribution in [2.45, 2.75) is 25.3 Å². The van der Waals surface area contributed by atoms with Crippen LogP contribution in [0.15, 0.2) is 36.4 Å². The number of ether oxygens (including phenoxy) is 2. The van der Waals surface area contributed by atoms with E-state index in [1.165, 1.54) is 23.9 Å². The predicted octanol–water partition coefficient (Wildman–Crippen LogP) is 2.59. The summed E-state index contributed by atoms with van der Waals surface area (Å²) >= 11 is 0. The van der Waals surface area contributed by atoms with Gasteiger partial charge in [0.1, 0.15) is 0 Å². The molecule has 2 aromatic carbocycles. The molecule has 0 saturated carbocycles. The zero-order chi connectivity index (χ0) is 23.4. The molecule has 4 rings (SSSR count). The largest absolute Gasteiger partial charge is 0.493 e. The van der Waals surface area contributed by atoms with Crippen LogP contribution in [0.5, 0.6) is 11.5 Å². The Balaban J connectivity index is 1.42. The normalized spacial score (nSPS) is 16.3. The van der Waals surface area contributed by atoms with Gasteiger partial charge in [0, 0.05) is 37.6 Å². The lowest BCUT2D eigenvalue weighted by molar-refractivity contribution is -0.136. The number of likely N-dealkylation sites (tertiary alicyclic amines) is 1. The van der Waals surface area contributed by atoms with E-state index >= 15 is 0 Å². The van der Waals surface area contributed by atoms with Gasteiger partial charge in [-0.05, 0) is 61.7 Å². The number of amides is 2. The summed E-state index contributed by atoms with van der Waals surface area (Å²) in [4.78, 5) is 29.8. The molecule has 176 valence electrons. The number of anilines is 2. The number of carbonyl (C=O) groups is 2. The van der Waals surface area contributed by atoms with Crippen LogP contribution in [-0.2, 0) is 16.0 Å². The van der Waals surface area contributed by atoms with Crippen molar-refractivity contribution in [1.82, 2.24) is 10.2 Å². The molecule has 0 aliphatic carbocycles. The number of nitrogens with one attached hydrogen (secondary N) is 2. The molecule has 2 amide bonds. The van der Waals surface area contributed by atoms with Gasteiger partial charge in [-0.15, -0.1) is 0 Å². The van der Waals surface area contributed by atoms with E-state index in [4.69, 9.17) is 9.47 Å². The van der Waals surface area contributed by atoms with Gasteiger partial charge in [-0.2, -0.15) is 0 Å². The Kier molecular flexibility index (Phi) is 7.03.